The average molecular weight is 374 g/mol. The molecule has 0 unspecified atom stereocenters. The number of rotatable bonds is 9. The van der Waals surface area contributed by atoms with E-state index in [0.717, 1.165) is 18.7 Å². The number of hydrogen-bond donors (Lipinski definition) is 1. The van der Waals surface area contributed by atoms with Crippen molar-refractivity contribution >= 4 is 11.9 Å². The Labute approximate surface area is 158 Å². The highest BCUT2D eigenvalue weighted by Gasteiger charge is 2.18. The number of ether oxygens (including phenoxy) is 1. The Hall–Kier alpha value is -2.68. The zero-order chi connectivity index (χ0) is 19.1. The molecule has 0 saturated carbocycles. The number of aromatic nitrogens is 3. The normalized spacial score (nSPS) is 14.9. The smallest absolute Gasteiger partial charge is 0.493 e. The summed E-state index contributed by atoms with van der Waals surface area (Å²) in [6.07, 6.45) is 4.67. The fraction of sp³-hybridized carbons (Fsp3) is 0.556. The third-order valence-corrected chi connectivity index (χ3v) is 4.54. The van der Waals surface area contributed by atoms with E-state index in [2.05, 4.69) is 32.4 Å². The maximum atomic E-state index is 10.7. The first-order valence-electron chi connectivity index (χ1n) is 9.35. The van der Waals surface area contributed by atoms with Gasteiger partial charge in [0, 0.05) is 25.2 Å². The summed E-state index contributed by atoms with van der Waals surface area (Å²) >= 11 is 0. The Morgan fingerprint density at radius 2 is 2.11 bits per heavy atom. The molecular weight excluding hydrogens is 348 g/mol. The minimum Gasteiger partial charge on any atom is -0.494 e. The molecule has 0 bridgehead atoms. The van der Waals surface area contributed by atoms with Crippen LogP contribution in [0.3, 0.4) is 0 Å². The second kappa shape index (κ2) is 9.31. The molecule has 2 heterocycles. The van der Waals surface area contributed by atoms with Crippen LogP contribution in [0.4, 0.5) is 11.9 Å². The van der Waals surface area contributed by atoms with Gasteiger partial charge in [-0.15, -0.1) is 0 Å². The fourth-order valence-electron chi connectivity index (χ4n) is 3.17. The maximum absolute atomic E-state index is 10.7. The van der Waals surface area contributed by atoms with Gasteiger partial charge < -0.3 is 20.2 Å². The maximum Gasteiger partial charge on any atom is 0.493 e. The molecule has 2 aromatic rings. The second-order valence-corrected chi connectivity index (χ2v) is 6.73. The Bertz CT molecular complexity index is 757. The van der Waals surface area contributed by atoms with Crippen molar-refractivity contribution in [2.45, 2.75) is 32.2 Å². The molecule has 1 fully saturated rings. The van der Waals surface area contributed by atoms with Gasteiger partial charge in [0.15, 0.2) is 0 Å². The summed E-state index contributed by atoms with van der Waals surface area (Å²) in [5, 5.41) is 17.4. The molecule has 9 nitrogen and oxygen atoms in total. The lowest BCUT2D eigenvalue weighted by Crippen LogP contribution is -2.29. The number of nitrogens with one attached hydrogen (secondary N) is 1. The Morgan fingerprint density at radius 3 is 2.85 bits per heavy atom. The van der Waals surface area contributed by atoms with Gasteiger partial charge in [0.2, 0.25) is 0 Å². The van der Waals surface area contributed by atoms with Gasteiger partial charge in [0.1, 0.15) is 5.75 Å². The van der Waals surface area contributed by atoms with Crippen LogP contribution in [0.2, 0.25) is 0 Å². The number of hydrogen-bond acceptors (Lipinski definition) is 7. The number of aryl methyl sites for hydroxylation is 1. The number of likely N-dealkylation sites (tertiary alicyclic amines) is 1. The van der Waals surface area contributed by atoms with Gasteiger partial charge in [-0.3, -0.25) is 4.90 Å². The molecule has 27 heavy (non-hydrogen) atoms. The van der Waals surface area contributed by atoms with E-state index in [4.69, 9.17) is 4.74 Å². The van der Waals surface area contributed by atoms with Crippen molar-refractivity contribution in [2.75, 3.05) is 31.6 Å². The van der Waals surface area contributed by atoms with Crippen LogP contribution in [-0.4, -0.2) is 50.8 Å². The van der Waals surface area contributed by atoms with E-state index >= 15 is 0 Å². The summed E-state index contributed by atoms with van der Waals surface area (Å²) < 4.78 is 7.20. The van der Waals surface area contributed by atoms with Gasteiger partial charge in [0.05, 0.1) is 6.61 Å². The lowest BCUT2D eigenvalue weighted by molar-refractivity contribution is -0.394. The molecule has 1 N–H and O–H groups in total. The topological polar surface area (TPSA) is 98.3 Å². The van der Waals surface area contributed by atoms with E-state index in [1.807, 2.05) is 12.1 Å². The number of piperidine rings is 1. The van der Waals surface area contributed by atoms with Crippen LogP contribution in [0.15, 0.2) is 24.3 Å². The van der Waals surface area contributed by atoms with Crippen molar-refractivity contribution in [3.05, 3.63) is 39.9 Å². The van der Waals surface area contributed by atoms with Crippen LogP contribution in [0.25, 0.3) is 0 Å². The average Bonchev–Trinajstić information content (AvgIpc) is 3.04. The molecule has 0 atom stereocenters. The molecule has 1 aromatic heterocycles. The van der Waals surface area contributed by atoms with Gasteiger partial charge in [0.25, 0.3) is 0 Å². The molecule has 9 heteroatoms. The van der Waals surface area contributed by atoms with Crippen molar-refractivity contribution in [2.24, 2.45) is 7.05 Å². The molecule has 1 saturated heterocycles. The Kier molecular flexibility index (Phi) is 6.59. The highest BCUT2D eigenvalue weighted by molar-refractivity contribution is 5.29. The predicted octanol–water partition coefficient (Wildman–Crippen LogP) is 2.59. The van der Waals surface area contributed by atoms with E-state index < -0.39 is 10.9 Å². The number of nitrogens with zero attached hydrogens (tertiary/aromatic N) is 5. The minimum absolute atomic E-state index is 0.380. The van der Waals surface area contributed by atoms with Crippen LogP contribution in [-0.2, 0) is 13.6 Å². The van der Waals surface area contributed by atoms with E-state index in [9.17, 15) is 10.1 Å². The lowest BCUT2D eigenvalue weighted by Gasteiger charge is -2.26. The summed E-state index contributed by atoms with van der Waals surface area (Å²) in [7, 11) is 1.62. The predicted molar refractivity (Wildman–Crippen MR) is 102 cm³/mol. The lowest BCUT2D eigenvalue weighted by atomic mass is 10.1. The molecule has 0 radical (unpaired) electrons. The highest BCUT2D eigenvalue weighted by atomic mass is 16.6. The van der Waals surface area contributed by atoms with E-state index in [0.29, 0.717) is 19.1 Å². The largest absolute Gasteiger partial charge is 0.494 e. The van der Waals surface area contributed by atoms with Crippen molar-refractivity contribution in [1.82, 2.24) is 19.7 Å². The van der Waals surface area contributed by atoms with Crippen LogP contribution in [0.5, 0.6) is 5.75 Å². The highest BCUT2D eigenvalue weighted by Crippen LogP contribution is 2.18. The SMILES string of the molecule is Cn1nc([N+](=O)[O-])nc1NCCCOc1cccc(CN2CCCCC2)c1. The third kappa shape index (κ3) is 5.65. The van der Waals surface area contributed by atoms with Crippen molar-refractivity contribution in [3.8, 4) is 5.75 Å². The summed E-state index contributed by atoms with van der Waals surface area (Å²) in [6, 6.07) is 8.25. The van der Waals surface area contributed by atoms with Crippen LogP contribution >= 0.6 is 0 Å². The van der Waals surface area contributed by atoms with Gasteiger partial charge in [-0.05, 0) is 60.0 Å². The molecule has 1 aromatic carbocycles. The molecule has 0 aliphatic carbocycles. The zero-order valence-electron chi connectivity index (χ0n) is 15.6. The van der Waals surface area contributed by atoms with Gasteiger partial charge in [-0.2, -0.15) is 4.68 Å². The van der Waals surface area contributed by atoms with Gasteiger partial charge in [-0.25, -0.2) is 0 Å². The summed E-state index contributed by atoms with van der Waals surface area (Å²) in [5.74, 6) is 0.853. The van der Waals surface area contributed by atoms with Crippen molar-refractivity contribution in [1.29, 1.82) is 0 Å². The first-order valence-corrected chi connectivity index (χ1v) is 9.35. The molecule has 1 aliphatic heterocycles. The Morgan fingerprint density at radius 1 is 1.30 bits per heavy atom. The van der Waals surface area contributed by atoms with E-state index in [1.165, 1.54) is 42.6 Å². The van der Waals surface area contributed by atoms with Crippen molar-refractivity contribution in [3.63, 3.8) is 0 Å². The summed E-state index contributed by atoms with van der Waals surface area (Å²) in [4.78, 5) is 16.4. The third-order valence-electron chi connectivity index (χ3n) is 4.54. The van der Waals surface area contributed by atoms with Gasteiger partial charge in [-0.1, -0.05) is 18.6 Å². The zero-order valence-corrected chi connectivity index (χ0v) is 15.6. The van der Waals surface area contributed by atoms with Crippen LogP contribution in [0.1, 0.15) is 31.2 Å². The Balaban J connectivity index is 1.40. The minimum atomic E-state index is -0.606. The van der Waals surface area contributed by atoms with Crippen LogP contribution < -0.4 is 10.1 Å². The first-order chi connectivity index (χ1) is 13.1. The summed E-state index contributed by atoms with van der Waals surface area (Å²) in [5.41, 5.74) is 1.28. The van der Waals surface area contributed by atoms with E-state index in [1.54, 1.807) is 7.05 Å². The first kappa shape index (κ1) is 19.1. The van der Waals surface area contributed by atoms with Crippen molar-refractivity contribution < 1.29 is 9.66 Å². The molecule has 1 aliphatic rings. The van der Waals surface area contributed by atoms with Gasteiger partial charge >= 0.3 is 11.9 Å². The number of anilines is 1. The fourth-order valence-corrected chi connectivity index (χ4v) is 3.17. The number of nitro groups is 1. The molecule has 3 rings (SSSR count). The quantitative estimate of drug-likeness (QED) is 0.409. The molecule has 0 amide bonds. The van der Waals surface area contributed by atoms with E-state index in [-0.39, 0.29) is 0 Å². The van der Waals surface area contributed by atoms with Crippen LogP contribution in [0, 0.1) is 10.1 Å². The molecule has 146 valence electrons. The monoisotopic (exact) mass is 374 g/mol. The standard InChI is InChI=1S/C18H26N6O3/c1-22-17(20-18(21-22)24(25)26)19-9-6-12-27-16-8-5-7-15(13-16)14-23-10-3-2-4-11-23/h5,7-8,13H,2-4,6,9-12,14H2,1H3,(H,19,20,21). The molecule has 0 spiro atoms. The summed E-state index contributed by atoms with van der Waals surface area (Å²) in [6.45, 7) is 4.48. The second-order valence-electron chi connectivity index (χ2n) is 6.73. The number of benzene rings is 1. The molecular formula is C18H26N6O3.